The standard InChI is InChI=1S/C15H14N2O/c16-9-1-3-13-5-7-15(8-6-13)18-12-14-4-2-10-17-11-14/h2,4-8,10-11H,9,12,16H2. The summed E-state index contributed by atoms with van der Waals surface area (Å²) in [5.74, 6) is 6.59. The van der Waals surface area contributed by atoms with Crippen molar-refractivity contribution in [1.29, 1.82) is 0 Å². The third-order valence-electron chi connectivity index (χ3n) is 2.32. The van der Waals surface area contributed by atoms with Crippen LogP contribution in [0.15, 0.2) is 48.8 Å². The number of aromatic nitrogens is 1. The summed E-state index contributed by atoms with van der Waals surface area (Å²) in [6.07, 6.45) is 3.54. The van der Waals surface area contributed by atoms with Crippen LogP contribution in [-0.2, 0) is 6.61 Å². The number of nitrogens with two attached hydrogens (primary N) is 1. The van der Waals surface area contributed by atoms with Crippen LogP contribution in [0.3, 0.4) is 0 Å². The van der Waals surface area contributed by atoms with Gasteiger partial charge in [-0.1, -0.05) is 17.9 Å². The van der Waals surface area contributed by atoms with Gasteiger partial charge in [-0.3, -0.25) is 4.98 Å². The number of hydrogen-bond acceptors (Lipinski definition) is 3. The van der Waals surface area contributed by atoms with Crippen molar-refractivity contribution in [2.45, 2.75) is 6.61 Å². The molecule has 0 radical (unpaired) electrons. The summed E-state index contributed by atoms with van der Waals surface area (Å²) in [6, 6.07) is 11.5. The number of ether oxygens (including phenoxy) is 1. The van der Waals surface area contributed by atoms with Crippen molar-refractivity contribution in [3.63, 3.8) is 0 Å². The van der Waals surface area contributed by atoms with Crippen molar-refractivity contribution >= 4 is 0 Å². The fraction of sp³-hybridized carbons (Fsp3) is 0.133. The molecule has 0 fully saturated rings. The molecule has 2 rings (SSSR count). The van der Waals surface area contributed by atoms with E-state index in [4.69, 9.17) is 10.5 Å². The third kappa shape index (κ3) is 3.62. The van der Waals surface area contributed by atoms with E-state index in [1.807, 2.05) is 36.4 Å². The van der Waals surface area contributed by atoms with E-state index in [1.165, 1.54) is 0 Å². The van der Waals surface area contributed by atoms with Crippen LogP contribution in [0.1, 0.15) is 11.1 Å². The molecule has 2 aromatic rings. The lowest BCUT2D eigenvalue weighted by Crippen LogP contribution is -1.95. The first-order chi connectivity index (χ1) is 8.88. The highest BCUT2D eigenvalue weighted by Crippen LogP contribution is 2.13. The molecule has 0 unspecified atom stereocenters. The Balaban J connectivity index is 1.94. The normalized spacial score (nSPS) is 9.39. The molecule has 1 heterocycles. The number of nitrogens with zero attached hydrogens (tertiary/aromatic N) is 1. The molecule has 1 aromatic heterocycles. The van der Waals surface area contributed by atoms with Gasteiger partial charge in [-0.05, 0) is 30.3 Å². The fourth-order valence-electron chi connectivity index (χ4n) is 1.44. The predicted molar refractivity (Wildman–Crippen MR) is 70.9 cm³/mol. The van der Waals surface area contributed by atoms with Gasteiger partial charge in [0.2, 0.25) is 0 Å². The molecule has 3 heteroatoms. The maximum atomic E-state index is 5.64. The zero-order chi connectivity index (χ0) is 12.6. The largest absolute Gasteiger partial charge is 0.489 e. The lowest BCUT2D eigenvalue weighted by molar-refractivity contribution is 0.306. The topological polar surface area (TPSA) is 48.1 Å². The fourth-order valence-corrected chi connectivity index (χ4v) is 1.44. The second-order valence-corrected chi connectivity index (χ2v) is 3.68. The number of rotatable bonds is 3. The molecule has 0 saturated heterocycles. The van der Waals surface area contributed by atoms with Crippen LogP contribution in [-0.4, -0.2) is 11.5 Å². The average Bonchev–Trinajstić information content (AvgIpc) is 2.45. The second kappa shape index (κ2) is 6.43. The van der Waals surface area contributed by atoms with Crippen LogP contribution >= 0.6 is 0 Å². The van der Waals surface area contributed by atoms with E-state index >= 15 is 0 Å². The summed E-state index contributed by atoms with van der Waals surface area (Å²) >= 11 is 0. The van der Waals surface area contributed by atoms with Gasteiger partial charge in [-0.15, -0.1) is 0 Å². The van der Waals surface area contributed by atoms with Gasteiger partial charge in [-0.25, -0.2) is 0 Å². The van der Waals surface area contributed by atoms with Crippen molar-refractivity contribution in [3.8, 4) is 17.6 Å². The van der Waals surface area contributed by atoms with Gasteiger partial charge in [-0.2, -0.15) is 0 Å². The van der Waals surface area contributed by atoms with Gasteiger partial charge < -0.3 is 10.5 Å². The van der Waals surface area contributed by atoms with Gasteiger partial charge in [0.25, 0.3) is 0 Å². The van der Waals surface area contributed by atoms with Crippen molar-refractivity contribution in [2.75, 3.05) is 6.54 Å². The summed E-state index contributed by atoms with van der Waals surface area (Å²) in [5, 5.41) is 0. The summed E-state index contributed by atoms with van der Waals surface area (Å²) in [5.41, 5.74) is 7.30. The van der Waals surface area contributed by atoms with Gasteiger partial charge in [0, 0.05) is 23.5 Å². The van der Waals surface area contributed by atoms with Gasteiger partial charge in [0.15, 0.2) is 0 Å². The van der Waals surface area contributed by atoms with E-state index in [9.17, 15) is 0 Å². The van der Waals surface area contributed by atoms with E-state index < -0.39 is 0 Å². The molecule has 2 N–H and O–H groups in total. The summed E-state index contributed by atoms with van der Waals surface area (Å²) in [4.78, 5) is 4.03. The summed E-state index contributed by atoms with van der Waals surface area (Å²) < 4.78 is 5.64. The van der Waals surface area contributed by atoms with Crippen LogP contribution < -0.4 is 10.5 Å². The maximum absolute atomic E-state index is 5.64. The van der Waals surface area contributed by atoms with Crippen LogP contribution in [0.2, 0.25) is 0 Å². The van der Waals surface area contributed by atoms with Crippen molar-refractivity contribution < 1.29 is 4.74 Å². The number of pyridine rings is 1. The molecule has 0 spiro atoms. The molecule has 1 aromatic carbocycles. The predicted octanol–water partition coefficient (Wildman–Crippen LogP) is 1.97. The number of benzene rings is 1. The minimum Gasteiger partial charge on any atom is -0.489 e. The molecule has 0 amide bonds. The average molecular weight is 238 g/mol. The van der Waals surface area contributed by atoms with Crippen molar-refractivity contribution in [2.24, 2.45) is 5.73 Å². The zero-order valence-electron chi connectivity index (χ0n) is 9.97. The smallest absolute Gasteiger partial charge is 0.119 e. The highest BCUT2D eigenvalue weighted by molar-refractivity contribution is 5.38. The third-order valence-corrected chi connectivity index (χ3v) is 2.32. The Bertz CT molecular complexity index is 538. The quantitative estimate of drug-likeness (QED) is 0.832. The van der Waals surface area contributed by atoms with Crippen LogP contribution in [0.4, 0.5) is 0 Å². The van der Waals surface area contributed by atoms with Gasteiger partial charge >= 0.3 is 0 Å². The monoisotopic (exact) mass is 238 g/mol. The lowest BCUT2D eigenvalue weighted by atomic mass is 10.2. The second-order valence-electron chi connectivity index (χ2n) is 3.68. The minimum absolute atomic E-state index is 0.374. The SMILES string of the molecule is NCC#Cc1ccc(OCc2cccnc2)cc1. The molecule has 18 heavy (non-hydrogen) atoms. The van der Waals surface area contributed by atoms with Gasteiger partial charge in [0.05, 0.1) is 6.54 Å². The van der Waals surface area contributed by atoms with E-state index in [0.29, 0.717) is 13.2 Å². The molecular formula is C15H14N2O. The Morgan fingerprint density at radius 3 is 2.67 bits per heavy atom. The summed E-state index contributed by atoms with van der Waals surface area (Å²) in [7, 11) is 0. The maximum Gasteiger partial charge on any atom is 0.119 e. The molecular weight excluding hydrogens is 224 g/mol. The highest BCUT2D eigenvalue weighted by atomic mass is 16.5. The molecule has 0 aliphatic carbocycles. The Hall–Kier alpha value is -2.31. The van der Waals surface area contributed by atoms with E-state index in [-0.39, 0.29) is 0 Å². The Kier molecular flexibility index (Phi) is 4.34. The van der Waals surface area contributed by atoms with E-state index in [1.54, 1.807) is 12.4 Å². The molecule has 0 aliphatic rings. The first-order valence-electron chi connectivity index (χ1n) is 5.69. The molecule has 90 valence electrons. The molecule has 0 atom stereocenters. The van der Waals surface area contributed by atoms with Crippen molar-refractivity contribution in [3.05, 3.63) is 59.9 Å². The molecule has 3 nitrogen and oxygen atoms in total. The van der Waals surface area contributed by atoms with E-state index in [0.717, 1.165) is 16.9 Å². The first-order valence-corrected chi connectivity index (χ1v) is 5.69. The van der Waals surface area contributed by atoms with Crippen LogP contribution in [0.25, 0.3) is 0 Å². The minimum atomic E-state index is 0.374. The van der Waals surface area contributed by atoms with Crippen LogP contribution in [0, 0.1) is 11.8 Å². The molecule has 0 bridgehead atoms. The molecule has 0 aliphatic heterocycles. The Morgan fingerprint density at radius 1 is 1.17 bits per heavy atom. The zero-order valence-corrected chi connectivity index (χ0v) is 9.97. The lowest BCUT2D eigenvalue weighted by Gasteiger charge is -2.05. The highest BCUT2D eigenvalue weighted by Gasteiger charge is 1.95. The number of hydrogen-bond donors (Lipinski definition) is 1. The van der Waals surface area contributed by atoms with Gasteiger partial charge in [0.1, 0.15) is 12.4 Å². The Labute approximate surface area is 107 Å². The van der Waals surface area contributed by atoms with Crippen LogP contribution in [0.5, 0.6) is 5.75 Å². The van der Waals surface area contributed by atoms with Crippen molar-refractivity contribution in [1.82, 2.24) is 4.98 Å². The first kappa shape index (κ1) is 12.2. The Morgan fingerprint density at radius 2 is 2.00 bits per heavy atom. The summed E-state index contributed by atoms with van der Waals surface area (Å²) in [6.45, 7) is 0.890. The molecule has 0 saturated carbocycles. The van der Waals surface area contributed by atoms with E-state index in [2.05, 4.69) is 16.8 Å².